The summed E-state index contributed by atoms with van der Waals surface area (Å²) in [5, 5.41) is 2.15. The summed E-state index contributed by atoms with van der Waals surface area (Å²) in [6, 6.07) is 10.5. The zero-order chi connectivity index (χ0) is 11.7. The van der Waals surface area contributed by atoms with E-state index in [1.54, 1.807) is 11.3 Å². The maximum atomic E-state index is 6.47. The molecule has 0 amide bonds. The highest BCUT2D eigenvalue weighted by molar-refractivity contribution is 7.09. The highest BCUT2D eigenvalue weighted by Crippen LogP contribution is 2.32. The number of fused-ring (bicyclic) bond motifs is 1. The zero-order valence-corrected chi connectivity index (χ0v) is 10.9. The molecular weight excluding hydrogens is 252 g/mol. The number of rotatable bonds is 3. The van der Waals surface area contributed by atoms with E-state index in [0.29, 0.717) is 0 Å². The van der Waals surface area contributed by atoms with E-state index in [2.05, 4.69) is 29.6 Å². The van der Waals surface area contributed by atoms with Crippen LogP contribution < -0.4 is 4.74 Å². The highest BCUT2D eigenvalue weighted by Gasteiger charge is 2.16. The topological polar surface area (TPSA) is 9.23 Å². The molecule has 0 aliphatic carbocycles. The van der Waals surface area contributed by atoms with Crippen LogP contribution in [0, 0.1) is 0 Å². The van der Waals surface area contributed by atoms with Crippen molar-refractivity contribution >= 4 is 22.9 Å². The number of thiophene rings is 1. The van der Waals surface area contributed by atoms with Gasteiger partial charge in [-0.1, -0.05) is 18.2 Å². The number of hydrogen-bond donors (Lipinski definition) is 0. The van der Waals surface area contributed by atoms with E-state index in [4.69, 9.17) is 16.3 Å². The standard InChI is InChI=1S/C14H13ClOS/c15-13(9-12-2-1-7-17-12)10-3-4-14-11(8-10)5-6-16-14/h1-4,7-8,13H,5-6,9H2. The fraction of sp³-hybridized carbons (Fsp3) is 0.286. The van der Waals surface area contributed by atoms with Crippen LogP contribution in [0.3, 0.4) is 0 Å². The predicted molar refractivity (Wildman–Crippen MR) is 72.3 cm³/mol. The van der Waals surface area contributed by atoms with Crippen molar-refractivity contribution in [3.8, 4) is 5.75 Å². The summed E-state index contributed by atoms with van der Waals surface area (Å²) in [6.45, 7) is 0.802. The molecule has 2 aromatic rings. The number of benzene rings is 1. The molecule has 0 bridgehead atoms. The molecule has 0 saturated heterocycles. The maximum Gasteiger partial charge on any atom is 0.122 e. The van der Waals surface area contributed by atoms with Crippen molar-refractivity contribution in [2.75, 3.05) is 6.61 Å². The smallest absolute Gasteiger partial charge is 0.122 e. The Balaban J connectivity index is 1.79. The predicted octanol–water partition coefficient (Wildman–Crippen LogP) is 4.21. The summed E-state index contributed by atoms with van der Waals surface area (Å²) < 4.78 is 5.50. The molecule has 3 heteroatoms. The van der Waals surface area contributed by atoms with Crippen molar-refractivity contribution in [3.63, 3.8) is 0 Å². The first-order chi connectivity index (χ1) is 8.33. The lowest BCUT2D eigenvalue weighted by Crippen LogP contribution is -1.94. The van der Waals surface area contributed by atoms with Gasteiger partial charge < -0.3 is 4.74 Å². The third-order valence-corrected chi connectivity index (χ3v) is 4.34. The Morgan fingerprint density at radius 3 is 3.12 bits per heavy atom. The second-order valence-corrected chi connectivity index (χ2v) is 5.78. The van der Waals surface area contributed by atoms with E-state index in [1.165, 1.54) is 16.0 Å². The summed E-state index contributed by atoms with van der Waals surface area (Å²) in [7, 11) is 0. The van der Waals surface area contributed by atoms with Gasteiger partial charge in [-0.05, 0) is 28.6 Å². The Labute approximate surface area is 110 Å². The van der Waals surface area contributed by atoms with Gasteiger partial charge in [-0.2, -0.15) is 0 Å². The first kappa shape index (κ1) is 11.1. The summed E-state index contributed by atoms with van der Waals surface area (Å²) in [5.41, 5.74) is 2.49. The minimum Gasteiger partial charge on any atom is -0.493 e. The quantitative estimate of drug-likeness (QED) is 0.755. The number of alkyl halides is 1. The van der Waals surface area contributed by atoms with Gasteiger partial charge >= 0.3 is 0 Å². The molecule has 1 nitrogen and oxygen atoms in total. The van der Waals surface area contributed by atoms with Crippen molar-refractivity contribution in [3.05, 3.63) is 51.7 Å². The normalized spacial score (nSPS) is 15.4. The Kier molecular flexibility index (Phi) is 3.08. The molecule has 1 aliphatic heterocycles. The molecule has 0 N–H and O–H groups in total. The van der Waals surface area contributed by atoms with Gasteiger partial charge in [0.1, 0.15) is 5.75 Å². The molecule has 2 heterocycles. The van der Waals surface area contributed by atoms with Crippen LogP contribution in [0.1, 0.15) is 21.4 Å². The van der Waals surface area contributed by atoms with E-state index >= 15 is 0 Å². The second kappa shape index (κ2) is 4.71. The van der Waals surface area contributed by atoms with Crippen molar-refractivity contribution < 1.29 is 4.74 Å². The average molecular weight is 265 g/mol. The van der Waals surface area contributed by atoms with Crippen molar-refractivity contribution in [1.82, 2.24) is 0 Å². The molecule has 0 saturated carbocycles. The maximum absolute atomic E-state index is 6.47. The van der Waals surface area contributed by atoms with E-state index in [0.717, 1.165) is 25.2 Å². The fourth-order valence-electron chi connectivity index (χ4n) is 2.12. The van der Waals surface area contributed by atoms with Crippen LogP contribution in [0.15, 0.2) is 35.7 Å². The molecule has 0 spiro atoms. The van der Waals surface area contributed by atoms with E-state index < -0.39 is 0 Å². The van der Waals surface area contributed by atoms with Gasteiger partial charge in [-0.15, -0.1) is 22.9 Å². The van der Waals surface area contributed by atoms with Crippen LogP contribution in [-0.2, 0) is 12.8 Å². The van der Waals surface area contributed by atoms with Gasteiger partial charge in [0.25, 0.3) is 0 Å². The van der Waals surface area contributed by atoms with E-state index in [-0.39, 0.29) is 5.38 Å². The van der Waals surface area contributed by atoms with Gasteiger partial charge in [-0.3, -0.25) is 0 Å². The number of halogens is 1. The van der Waals surface area contributed by atoms with Gasteiger partial charge in [0.2, 0.25) is 0 Å². The Bertz CT molecular complexity index is 507. The van der Waals surface area contributed by atoms with Crippen LogP contribution in [-0.4, -0.2) is 6.61 Å². The number of ether oxygens (including phenoxy) is 1. The minimum absolute atomic E-state index is 0.0551. The molecule has 88 valence electrons. The van der Waals surface area contributed by atoms with Crippen molar-refractivity contribution in [1.29, 1.82) is 0 Å². The minimum atomic E-state index is 0.0551. The molecule has 1 aromatic heterocycles. The zero-order valence-electron chi connectivity index (χ0n) is 9.36. The molecule has 1 atom stereocenters. The average Bonchev–Trinajstić information content (AvgIpc) is 2.97. The molecule has 3 rings (SSSR count). The Morgan fingerprint density at radius 2 is 2.29 bits per heavy atom. The lowest BCUT2D eigenvalue weighted by atomic mass is 10.0. The Hall–Kier alpha value is -0.990. The molecule has 0 fully saturated rings. The molecule has 0 radical (unpaired) electrons. The third kappa shape index (κ3) is 2.33. The van der Waals surface area contributed by atoms with Crippen LogP contribution in [0.4, 0.5) is 0 Å². The number of hydrogen-bond acceptors (Lipinski definition) is 2. The highest BCUT2D eigenvalue weighted by atomic mass is 35.5. The van der Waals surface area contributed by atoms with Crippen LogP contribution in [0.25, 0.3) is 0 Å². The van der Waals surface area contributed by atoms with Crippen LogP contribution >= 0.6 is 22.9 Å². The first-order valence-electron chi connectivity index (χ1n) is 5.75. The monoisotopic (exact) mass is 264 g/mol. The van der Waals surface area contributed by atoms with Gasteiger partial charge in [0.05, 0.1) is 12.0 Å². The summed E-state index contributed by atoms with van der Waals surface area (Å²) >= 11 is 8.23. The van der Waals surface area contributed by atoms with Crippen LogP contribution in [0.5, 0.6) is 5.75 Å². The van der Waals surface area contributed by atoms with Gasteiger partial charge in [-0.25, -0.2) is 0 Å². The first-order valence-corrected chi connectivity index (χ1v) is 7.06. The molecule has 1 aliphatic rings. The van der Waals surface area contributed by atoms with E-state index in [9.17, 15) is 0 Å². The lowest BCUT2D eigenvalue weighted by molar-refractivity contribution is 0.357. The van der Waals surface area contributed by atoms with Gasteiger partial charge in [0.15, 0.2) is 0 Å². The summed E-state index contributed by atoms with van der Waals surface area (Å²) in [5.74, 6) is 1.02. The van der Waals surface area contributed by atoms with Crippen molar-refractivity contribution in [2.24, 2.45) is 0 Å². The van der Waals surface area contributed by atoms with Gasteiger partial charge in [0, 0.05) is 17.7 Å². The molecular formula is C14H13ClOS. The lowest BCUT2D eigenvalue weighted by Gasteiger charge is -2.10. The van der Waals surface area contributed by atoms with Crippen molar-refractivity contribution in [2.45, 2.75) is 18.2 Å². The SMILES string of the molecule is ClC(Cc1cccs1)c1ccc2c(c1)CCO2. The fourth-order valence-corrected chi connectivity index (χ4v) is 3.27. The Morgan fingerprint density at radius 1 is 1.35 bits per heavy atom. The molecule has 17 heavy (non-hydrogen) atoms. The molecule has 1 aromatic carbocycles. The largest absolute Gasteiger partial charge is 0.493 e. The summed E-state index contributed by atoms with van der Waals surface area (Å²) in [6.07, 6.45) is 1.91. The molecule has 1 unspecified atom stereocenters. The third-order valence-electron chi connectivity index (χ3n) is 3.04. The van der Waals surface area contributed by atoms with E-state index in [1.807, 2.05) is 6.07 Å². The second-order valence-electron chi connectivity index (χ2n) is 4.22. The van der Waals surface area contributed by atoms with Crippen LogP contribution in [0.2, 0.25) is 0 Å². The summed E-state index contributed by atoms with van der Waals surface area (Å²) in [4.78, 5) is 1.33.